The van der Waals surface area contributed by atoms with Gasteiger partial charge in [-0.2, -0.15) is 5.26 Å². The molecule has 1 rings (SSSR count). The standard InChI is InChI=1S/C10H13N3O2S/c1-8(13-16(14,15)6-5-11)9-3-2-4-10(12)7-9/h2-4,7-8,13H,6,12H2,1H3. The van der Waals surface area contributed by atoms with E-state index in [-0.39, 0.29) is 0 Å². The van der Waals surface area contributed by atoms with Crippen molar-refractivity contribution in [3.63, 3.8) is 0 Å². The molecule has 0 amide bonds. The van der Waals surface area contributed by atoms with E-state index >= 15 is 0 Å². The molecule has 0 bridgehead atoms. The van der Waals surface area contributed by atoms with Crippen LogP contribution in [0.2, 0.25) is 0 Å². The van der Waals surface area contributed by atoms with Crippen LogP contribution in [0.5, 0.6) is 0 Å². The second kappa shape index (κ2) is 4.96. The highest BCUT2D eigenvalue weighted by molar-refractivity contribution is 7.89. The zero-order valence-corrected chi connectivity index (χ0v) is 9.66. The Hall–Kier alpha value is -1.58. The Kier molecular flexibility index (Phi) is 3.88. The summed E-state index contributed by atoms with van der Waals surface area (Å²) in [5.41, 5.74) is 6.93. The number of nitrogens with two attached hydrogens (primary N) is 1. The van der Waals surface area contributed by atoms with Crippen LogP contribution >= 0.6 is 0 Å². The number of nitriles is 1. The molecule has 0 saturated heterocycles. The largest absolute Gasteiger partial charge is 0.399 e. The average Bonchev–Trinajstić information content (AvgIpc) is 2.16. The van der Waals surface area contributed by atoms with Gasteiger partial charge < -0.3 is 5.73 Å². The highest BCUT2D eigenvalue weighted by Crippen LogP contribution is 2.15. The summed E-state index contributed by atoms with van der Waals surface area (Å²) >= 11 is 0. The van der Waals surface area contributed by atoms with E-state index in [0.717, 1.165) is 5.56 Å². The van der Waals surface area contributed by atoms with Gasteiger partial charge in [0.05, 0.1) is 6.07 Å². The van der Waals surface area contributed by atoms with Crippen molar-refractivity contribution in [2.24, 2.45) is 0 Å². The number of nitrogens with zero attached hydrogens (tertiary/aromatic N) is 1. The van der Waals surface area contributed by atoms with Crippen molar-refractivity contribution in [2.45, 2.75) is 13.0 Å². The van der Waals surface area contributed by atoms with Crippen LogP contribution in [0.4, 0.5) is 5.69 Å². The zero-order valence-electron chi connectivity index (χ0n) is 8.84. The summed E-state index contributed by atoms with van der Waals surface area (Å²) in [4.78, 5) is 0. The fourth-order valence-corrected chi connectivity index (χ4v) is 2.22. The molecule has 0 aliphatic carbocycles. The van der Waals surface area contributed by atoms with Crippen molar-refractivity contribution in [3.05, 3.63) is 29.8 Å². The van der Waals surface area contributed by atoms with Gasteiger partial charge in [-0.25, -0.2) is 13.1 Å². The monoisotopic (exact) mass is 239 g/mol. The smallest absolute Gasteiger partial charge is 0.225 e. The average molecular weight is 239 g/mol. The number of anilines is 1. The maximum absolute atomic E-state index is 11.3. The number of benzene rings is 1. The minimum absolute atomic E-state index is 0.401. The van der Waals surface area contributed by atoms with E-state index in [1.165, 1.54) is 0 Å². The fraction of sp³-hybridized carbons (Fsp3) is 0.300. The molecule has 0 aliphatic rings. The third-order valence-electron chi connectivity index (χ3n) is 2.02. The lowest BCUT2D eigenvalue weighted by molar-refractivity contribution is 0.570. The van der Waals surface area contributed by atoms with Crippen LogP contribution in [-0.4, -0.2) is 14.2 Å². The number of hydrogen-bond donors (Lipinski definition) is 2. The van der Waals surface area contributed by atoms with Crippen molar-refractivity contribution < 1.29 is 8.42 Å². The van der Waals surface area contributed by atoms with Gasteiger partial charge in [0.1, 0.15) is 0 Å². The SMILES string of the molecule is CC(NS(=O)(=O)CC#N)c1cccc(N)c1. The molecule has 6 heteroatoms. The Labute approximate surface area is 94.9 Å². The highest BCUT2D eigenvalue weighted by Gasteiger charge is 2.15. The van der Waals surface area contributed by atoms with Gasteiger partial charge in [-0.15, -0.1) is 0 Å². The maximum Gasteiger partial charge on any atom is 0.225 e. The number of nitrogens with one attached hydrogen (secondary N) is 1. The normalized spacial score (nSPS) is 13.0. The Morgan fingerprint density at radius 2 is 2.25 bits per heavy atom. The van der Waals surface area contributed by atoms with E-state index in [2.05, 4.69) is 4.72 Å². The van der Waals surface area contributed by atoms with Crippen LogP contribution in [0, 0.1) is 11.3 Å². The van der Waals surface area contributed by atoms with E-state index in [1.54, 1.807) is 37.3 Å². The predicted octanol–water partition coefficient (Wildman–Crippen LogP) is 0.773. The first-order chi connectivity index (χ1) is 7.44. The van der Waals surface area contributed by atoms with Crippen LogP contribution in [-0.2, 0) is 10.0 Å². The molecule has 0 spiro atoms. The van der Waals surface area contributed by atoms with E-state index in [0.29, 0.717) is 5.69 Å². The van der Waals surface area contributed by atoms with Gasteiger partial charge in [0.25, 0.3) is 0 Å². The molecule has 1 unspecified atom stereocenters. The third kappa shape index (κ3) is 3.53. The Bertz CT molecular complexity index is 505. The summed E-state index contributed by atoms with van der Waals surface area (Å²) in [6.45, 7) is 1.70. The molecule has 1 atom stereocenters. The lowest BCUT2D eigenvalue weighted by Crippen LogP contribution is -2.28. The van der Waals surface area contributed by atoms with Gasteiger partial charge in [0.2, 0.25) is 10.0 Å². The molecule has 0 aliphatic heterocycles. The first kappa shape index (κ1) is 12.5. The number of rotatable bonds is 4. The van der Waals surface area contributed by atoms with Gasteiger partial charge in [-0.3, -0.25) is 0 Å². The quantitative estimate of drug-likeness (QED) is 0.758. The van der Waals surface area contributed by atoms with Crippen LogP contribution in [0.1, 0.15) is 18.5 Å². The lowest BCUT2D eigenvalue weighted by atomic mass is 10.1. The van der Waals surface area contributed by atoms with E-state index in [9.17, 15) is 8.42 Å². The molecule has 0 saturated carbocycles. The van der Waals surface area contributed by atoms with Crippen LogP contribution in [0.25, 0.3) is 0 Å². The zero-order chi connectivity index (χ0) is 12.2. The second-order valence-corrected chi connectivity index (χ2v) is 5.18. The second-order valence-electron chi connectivity index (χ2n) is 3.43. The maximum atomic E-state index is 11.3. The van der Waals surface area contributed by atoms with Gasteiger partial charge in [-0.05, 0) is 24.6 Å². The predicted molar refractivity (Wildman–Crippen MR) is 61.8 cm³/mol. The lowest BCUT2D eigenvalue weighted by Gasteiger charge is -2.13. The summed E-state index contributed by atoms with van der Waals surface area (Å²) in [6.07, 6.45) is 0. The van der Waals surface area contributed by atoms with Crippen molar-refractivity contribution in [3.8, 4) is 6.07 Å². The van der Waals surface area contributed by atoms with E-state index in [4.69, 9.17) is 11.0 Å². The molecule has 0 fully saturated rings. The molecule has 0 radical (unpaired) electrons. The summed E-state index contributed by atoms with van der Waals surface area (Å²) < 4.78 is 25.1. The number of sulfonamides is 1. The van der Waals surface area contributed by atoms with Crippen LogP contribution in [0.3, 0.4) is 0 Å². The third-order valence-corrected chi connectivity index (χ3v) is 3.24. The minimum atomic E-state index is -3.54. The summed E-state index contributed by atoms with van der Waals surface area (Å²) in [5, 5.41) is 8.34. The molecule has 0 aromatic heterocycles. The Morgan fingerprint density at radius 1 is 1.56 bits per heavy atom. The first-order valence-electron chi connectivity index (χ1n) is 4.67. The Balaban J connectivity index is 2.81. The molecule has 1 aromatic rings. The van der Waals surface area contributed by atoms with Gasteiger partial charge in [0.15, 0.2) is 5.75 Å². The highest BCUT2D eigenvalue weighted by atomic mass is 32.2. The molecule has 0 heterocycles. The molecule has 1 aromatic carbocycles. The van der Waals surface area contributed by atoms with Crippen molar-refractivity contribution >= 4 is 15.7 Å². The van der Waals surface area contributed by atoms with Crippen molar-refractivity contribution in [1.82, 2.24) is 4.72 Å². The van der Waals surface area contributed by atoms with Crippen molar-refractivity contribution in [2.75, 3.05) is 11.5 Å². The fourth-order valence-electron chi connectivity index (χ4n) is 1.29. The van der Waals surface area contributed by atoms with Crippen molar-refractivity contribution in [1.29, 1.82) is 5.26 Å². The molecule has 16 heavy (non-hydrogen) atoms. The number of hydrogen-bond acceptors (Lipinski definition) is 4. The van der Waals surface area contributed by atoms with E-state index < -0.39 is 21.8 Å². The topological polar surface area (TPSA) is 96.0 Å². The minimum Gasteiger partial charge on any atom is -0.399 e. The van der Waals surface area contributed by atoms with Crippen LogP contribution < -0.4 is 10.5 Å². The van der Waals surface area contributed by atoms with Gasteiger partial charge in [0, 0.05) is 11.7 Å². The summed E-state index contributed by atoms with van der Waals surface area (Å²) in [5.74, 6) is -0.542. The van der Waals surface area contributed by atoms with Gasteiger partial charge >= 0.3 is 0 Å². The van der Waals surface area contributed by atoms with Crippen LogP contribution in [0.15, 0.2) is 24.3 Å². The first-order valence-corrected chi connectivity index (χ1v) is 6.32. The van der Waals surface area contributed by atoms with E-state index in [1.807, 2.05) is 0 Å². The molecule has 3 N–H and O–H groups in total. The molecular weight excluding hydrogens is 226 g/mol. The molecule has 5 nitrogen and oxygen atoms in total. The van der Waals surface area contributed by atoms with Gasteiger partial charge in [-0.1, -0.05) is 12.1 Å². The summed E-state index contributed by atoms with van der Waals surface area (Å²) in [6, 6.07) is 8.14. The number of nitrogen functional groups attached to an aromatic ring is 1. The molecular formula is C10H13N3O2S. The molecule has 86 valence electrons. The Morgan fingerprint density at radius 3 is 2.81 bits per heavy atom. The summed E-state index contributed by atoms with van der Waals surface area (Å²) in [7, 11) is -3.54.